The predicted molar refractivity (Wildman–Crippen MR) is 71.1 cm³/mol. The van der Waals surface area contributed by atoms with Crippen molar-refractivity contribution in [1.29, 1.82) is 0 Å². The Morgan fingerprint density at radius 3 is 2.44 bits per heavy atom. The molecule has 4 heteroatoms. The van der Waals surface area contributed by atoms with Crippen molar-refractivity contribution in [2.24, 2.45) is 0 Å². The van der Waals surface area contributed by atoms with Crippen molar-refractivity contribution in [2.75, 3.05) is 13.2 Å². The highest BCUT2D eigenvalue weighted by Crippen LogP contribution is 2.16. The van der Waals surface area contributed by atoms with E-state index in [1.54, 1.807) is 0 Å². The molecule has 0 amide bonds. The standard InChI is InChI=1S/C14H21NO3/c1-4-15-13(14(16)17)5-6-18-12-8-10(2)7-11(3)9-12/h7-9,13,15H,4-6H2,1-3H3,(H,16,17). The molecule has 1 aromatic carbocycles. The number of carbonyl (C=O) groups is 1. The number of aliphatic carboxylic acids is 1. The van der Waals surface area contributed by atoms with E-state index in [-0.39, 0.29) is 0 Å². The Balaban J connectivity index is 2.47. The minimum Gasteiger partial charge on any atom is -0.494 e. The summed E-state index contributed by atoms with van der Waals surface area (Å²) in [6.45, 7) is 6.95. The molecule has 0 saturated heterocycles. The number of carboxylic acid groups (broad SMARTS) is 1. The van der Waals surface area contributed by atoms with Crippen LogP contribution in [0, 0.1) is 13.8 Å². The molecule has 0 heterocycles. The van der Waals surface area contributed by atoms with Crippen LogP contribution in [0.5, 0.6) is 5.75 Å². The Labute approximate surface area is 108 Å². The van der Waals surface area contributed by atoms with E-state index in [9.17, 15) is 4.79 Å². The third kappa shape index (κ3) is 4.75. The second kappa shape index (κ2) is 7.01. The third-order valence-electron chi connectivity index (χ3n) is 2.62. The van der Waals surface area contributed by atoms with Crippen LogP contribution in [0.15, 0.2) is 18.2 Å². The maximum Gasteiger partial charge on any atom is 0.320 e. The molecule has 0 saturated carbocycles. The van der Waals surface area contributed by atoms with Crippen molar-refractivity contribution in [3.8, 4) is 5.75 Å². The van der Waals surface area contributed by atoms with Crippen LogP contribution in [-0.2, 0) is 4.79 Å². The van der Waals surface area contributed by atoms with Crippen LogP contribution in [0.25, 0.3) is 0 Å². The van der Waals surface area contributed by atoms with Crippen molar-refractivity contribution >= 4 is 5.97 Å². The highest BCUT2D eigenvalue weighted by Gasteiger charge is 2.15. The summed E-state index contributed by atoms with van der Waals surface area (Å²) >= 11 is 0. The van der Waals surface area contributed by atoms with E-state index in [1.165, 1.54) is 0 Å². The number of ether oxygens (including phenoxy) is 1. The van der Waals surface area contributed by atoms with Crippen LogP contribution in [0.4, 0.5) is 0 Å². The van der Waals surface area contributed by atoms with Gasteiger partial charge in [0.25, 0.3) is 0 Å². The fourth-order valence-corrected chi connectivity index (χ4v) is 1.87. The van der Waals surface area contributed by atoms with Gasteiger partial charge in [0, 0.05) is 6.42 Å². The molecule has 4 nitrogen and oxygen atoms in total. The van der Waals surface area contributed by atoms with Crippen molar-refractivity contribution in [2.45, 2.75) is 33.2 Å². The molecule has 0 radical (unpaired) electrons. The quantitative estimate of drug-likeness (QED) is 0.779. The largest absolute Gasteiger partial charge is 0.494 e. The Morgan fingerprint density at radius 1 is 1.33 bits per heavy atom. The summed E-state index contributed by atoms with van der Waals surface area (Å²) in [6, 6.07) is 5.44. The molecular formula is C14H21NO3. The second-order valence-corrected chi connectivity index (χ2v) is 4.41. The first kappa shape index (κ1) is 14.5. The lowest BCUT2D eigenvalue weighted by Crippen LogP contribution is -2.37. The fraction of sp³-hybridized carbons (Fsp3) is 0.500. The Hall–Kier alpha value is -1.55. The maximum atomic E-state index is 10.9. The van der Waals surface area contributed by atoms with Gasteiger partial charge in [-0.25, -0.2) is 0 Å². The summed E-state index contributed by atoms with van der Waals surface area (Å²) in [7, 11) is 0. The smallest absolute Gasteiger partial charge is 0.320 e. The van der Waals surface area contributed by atoms with Crippen LogP contribution >= 0.6 is 0 Å². The van der Waals surface area contributed by atoms with E-state index in [1.807, 2.05) is 32.9 Å². The zero-order chi connectivity index (χ0) is 13.5. The average molecular weight is 251 g/mol. The number of aryl methyl sites for hydroxylation is 2. The van der Waals surface area contributed by atoms with Gasteiger partial charge < -0.3 is 15.2 Å². The summed E-state index contributed by atoms with van der Waals surface area (Å²) in [5, 5.41) is 11.9. The molecule has 1 rings (SSSR count). The van der Waals surface area contributed by atoms with Gasteiger partial charge in [-0.1, -0.05) is 13.0 Å². The molecule has 18 heavy (non-hydrogen) atoms. The lowest BCUT2D eigenvalue weighted by atomic mass is 10.1. The summed E-state index contributed by atoms with van der Waals surface area (Å²) in [5.41, 5.74) is 2.29. The van der Waals surface area contributed by atoms with Crippen LogP contribution < -0.4 is 10.1 Å². The minimum atomic E-state index is -0.833. The number of carboxylic acids is 1. The van der Waals surface area contributed by atoms with Crippen molar-refractivity contribution in [3.63, 3.8) is 0 Å². The predicted octanol–water partition coefficient (Wildman–Crippen LogP) is 2.14. The molecule has 0 aliphatic rings. The number of rotatable bonds is 7. The highest BCUT2D eigenvalue weighted by atomic mass is 16.5. The molecule has 1 unspecified atom stereocenters. The van der Waals surface area contributed by atoms with Crippen LogP contribution in [0.1, 0.15) is 24.5 Å². The Morgan fingerprint density at radius 2 is 1.94 bits per heavy atom. The number of benzene rings is 1. The van der Waals surface area contributed by atoms with Crippen molar-refractivity contribution in [3.05, 3.63) is 29.3 Å². The van der Waals surface area contributed by atoms with E-state index in [0.29, 0.717) is 19.6 Å². The van der Waals surface area contributed by atoms with E-state index in [0.717, 1.165) is 16.9 Å². The third-order valence-corrected chi connectivity index (χ3v) is 2.62. The first-order valence-electron chi connectivity index (χ1n) is 6.20. The lowest BCUT2D eigenvalue weighted by molar-refractivity contribution is -0.139. The highest BCUT2D eigenvalue weighted by molar-refractivity contribution is 5.73. The van der Waals surface area contributed by atoms with Gasteiger partial charge in [0.1, 0.15) is 11.8 Å². The van der Waals surface area contributed by atoms with Gasteiger partial charge in [-0.15, -0.1) is 0 Å². The first-order chi connectivity index (χ1) is 8.52. The molecule has 0 spiro atoms. The van der Waals surface area contributed by atoms with E-state index < -0.39 is 12.0 Å². The number of hydrogen-bond acceptors (Lipinski definition) is 3. The topological polar surface area (TPSA) is 58.6 Å². The average Bonchev–Trinajstić information content (AvgIpc) is 2.26. The summed E-state index contributed by atoms with van der Waals surface area (Å²) in [6.07, 6.45) is 0.455. The Bertz CT molecular complexity index is 384. The molecule has 0 aliphatic heterocycles. The van der Waals surface area contributed by atoms with E-state index in [4.69, 9.17) is 9.84 Å². The minimum absolute atomic E-state index is 0.396. The van der Waals surface area contributed by atoms with Gasteiger partial charge in [0.05, 0.1) is 6.61 Å². The van der Waals surface area contributed by atoms with Crippen LogP contribution in [-0.4, -0.2) is 30.3 Å². The van der Waals surface area contributed by atoms with Crippen molar-refractivity contribution < 1.29 is 14.6 Å². The molecular weight excluding hydrogens is 230 g/mol. The van der Waals surface area contributed by atoms with Gasteiger partial charge in [0.2, 0.25) is 0 Å². The normalized spacial score (nSPS) is 12.2. The SMILES string of the molecule is CCNC(CCOc1cc(C)cc(C)c1)C(=O)O. The molecule has 100 valence electrons. The van der Waals surface area contributed by atoms with E-state index >= 15 is 0 Å². The van der Waals surface area contributed by atoms with E-state index in [2.05, 4.69) is 11.4 Å². The second-order valence-electron chi connectivity index (χ2n) is 4.41. The lowest BCUT2D eigenvalue weighted by Gasteiger charge is -2.14. The van der Waals surface area contributed by atoms with Gasteiger partial charge in [0.15, 0.2) is 0 Å². The summed E-state index contributed by atoms with van der Waals surface area (Å²) in [4.78, 5) is 10.9. The number of likely N-dealkylation sites (N-methyl/N-ethyl adjacent to an activating group) is 1. The Kier molecular flexibility index (Phi) is 5.65. The monoisotopic (exact) mass is 251 g/mol. The zero-order valence-electron chi connectivity index (χ0n) is 11.2. The molecule has 1 aromatic rings. The molecule has 0 aliphatic carbocycles. The molecule has 1 atom stereocenters. The first-order valence-corrected chi connectivity index (χ1v) is 6.20. The van der Waals surface area contributed by atoms with Gasteiger partial charge in [-0.2, -0.15) is 0 Å². The van der Waals surface area contributed by atoms with Gasteiger partial charge in [-0.05, 0) is 43.7 Å². The number of nitrogens with one attached hydrogen (secondary N) is 1. The summed E-state index contributed by atoms with van der Waals surface area (Å²) < 4.78 is 5.59. The number of hydrogen-bond donors (Lipinski definition) is 2. The van der Waals surface area contributed by atoms with Crippen LogP contribution in [0.3, 0.4) is 0 Å². The summed E-state index contributed by atoms with van der Waals surface area (Å²) in [5.74, 6) is -0.0333. The van der Waals surface area contributed by atoms with Gasteiger partial charge >= 0.3 is 5.97 Å². The molecule has 0 aromatic heterocycles. The van der Waals surface area contributed by atoms with Gasteiger partial charge in [-0.3, -0.25) is 4.79 Å². The fourth-order valence-electron chi connectivity index (χ4n) is 1.87. The van der Waals surface area contributed by atoms with Crippen LogP contribution in [0.2, 0.25) is 0 Å². The molecule has 0 bridgehead atoms. The molecule has 0 fully saturated rings. The van der Waals surface area contributed by atoms with Crippen molar-refractivity contribution in [1.82, 2.24) is 5.32 Å². The zero-order valence-corrected chi connectivity index (χ0v) is 11.2. The maximum absolute atomic E-state index is 10.9. The molecule has 2 N–H and O–H groups in total.